The van der Waals surface area contributed by atoms with Crippen molar-refractivity contribution < 1.29 is 9.53 Å². The first-order valence-corrected chi connectivity index (χ1v) is 7.92. The summed E-state index contributed by atoms with van der Waals surface area (Å²) >= 11 is 0. The largest absolute Gasteiger partial charge is 0.375 e. The molecule has 7 nitrogen and oxygen atoms in total. The zero-order chi connectivity index (χ0) is 15.4. The van der Waals surface area contributed by atoms with Crippen LogP contribution >= 0.6 is 24.8 Å². The van der Waals surface area contributed by atoms with Gasteiger partial charge in [-0.3, -0.25) is 4.79 Å². The lowest BCUT2D eigenvalue weighted by molar-refractivity contribution is -0.140. The number of aromatic nitrogens is 2. The number of amides is 1. The molecule has 0 spiro atoms. The van der Waals surface area contributed by atoms with Crippen molar-refractivity contribution in [3.05, 3.63) is 18.3 Å². The first-order chi connectivity index (χ1) is 10.7. The SMILES string of the molecule is C[C@H]1OCCN[C@@H]1C(=O)N1CCC(Nc2cccnn2)CC1.Cl.Cl. The topological polar surface area (TPSA) is 79.4 Å². The van der Waals surface area contributed by atoms with E-state index in [9.17, 15) is 4.79 Å². The van der Waals surface area contributed by atoms with Gasteiger partial charge in [0.2, 0.25) is 5.91 Å². The highest BCUT2D eigenvalue weighted by molar-refractivity contribution is 5.85. The predicted molar refractivity (Wildman–Crippen MR) is 97.0 cm³/mol. The second kappa shape index (κ2) is 9.98. The van der Waals surface area contributed by atoms with Crippen LogP contribution in [0, 0.1) is 0 Å². The Hall–Kier alpha value is -1.15. The number of carbonyl (C=O) groups is 1. The van der Waals surface area contributed by atoms with E-state index < -0.39 is 0 Å². The molecule has 2 saturated heterocycles. The van der Waals surface area contributed by atoms with Gasteiger partial charge in [-0.2, -0.15) is 5.10 Å². The fraction of sp³-hybridized carbons (Fsp3) is 0.667. The van der Waals surface area contributed by atoms with E-state index in [0.717, 1.165) is 38.3 Å². The molecule has 2 aliphatic heterocycles. The fourth-order valence-electron chi connectivity index (χ4n) is 3.04. The number of anilines is 1. The monoisotopic (exact) mass is 377 g/mol. The minimum atomic E-state index is -0.210. The highest BCUT2D eigenvalue weighted by atomic mass is 35.5. The number of hydrogen-bond acceptors (Lipinski definition) is 6. The molecule has 3 heterocycles. The first kappa shape index (κ1) is 20.9. The van der Waals surface area contributed by atoms with Crippen LogP contribution in [0.25, 0.3) is 0 Å². The maximum atomic E-state index is 12.6. The highest BCUT2D eigenvalue weighted by Crippen LogP contribution is 2.17. The van der Waals surface area contributed by atoms with E-state index in [4.69, 9.17) is 4.74 Å². The maximum Gasteiger partial charge on any atom is 0.242 e. The molecule has 1 aromatic heterocycles. The third-order valence-electron chi connectivity index (χ3n) is 4.31. The number of likely N-dealkylation sites (tertiary alicyclic amines) is 1. The van der Waals surface area contributed by atoms with E-state index in [-0.39, 0.29) is 42.9 Å². The minimum absolute atomic E-state index is 0. The molecule has 2 fully saturated rings. The Kier molecular flexibility index (Phi) is 8.69. The molecule has 0 bridgehead atoms. The van der Waals surface area contributed by atoms with Gasteiger partial charge in [0.1, 0.15) is 11.9 Å². The third kappa shape index (κ3) is 5.17. The number of halogens is 2. The van der Waals surface area contributed by atoms with Gasteiger partial charge in [-0.05, 0) is 31.9 Å². The van der Waals surface area contributed by atoms with Crippen molar-refractivity contribution in [1.29, 1.82) is 0 Å². The Morgan fingerprint density at radius 1 is 1.38 bits per heavy atom. The van der Waals surface area contributed by atoms with Gasteiger partial charge in [0.15, 0.2) is 0 Å². The zero-order valence-electron chi connectivity index (χ0n) is 13.7. The molecule has 0 saturated carbocycles. The lowest BCUT2D eigenvalue weighted by Gasteiger charge is -2.37. The van der Waals surface area contributed by atoms with Crippen LogP contribution in [0.1, 0.15) is 19.8 Å². The Morgan fingerprint density at radius 3 is 2.75 bits per heavy atom. The van der Waals surface area contributed by atoms with Crippen molar-refractivity contribution in [2.45, 2.75) is 38.0 Å². The number of carbonyl (C=O) groups excluding carboxylic acids is 1. The molecule has 0 unspecified atom stereocenters. The summed E-state index contributed by atoms with van der Waals surface area (Å²) in [4.78, 5) is 14.5. The lowest BCUT2D eigenvalue weighted by Crippen LogP contribution is -2.58. The summed E-state index contributed by atoms with van der Waals surface area (Å²) in [6, 6.07) is 3.91. The lowest BCUT2D eigenvalue weighted by atomic mass is 10.0. The molecule has 3 rings (SSSR count). The van der Waals surface area contributed by atoms with Crippen molar-refractivity contribution in [2.24, 2.45) is 0 Å². The summed E-state index contributed by atoms with van der Waals surface area (Å²) in [5.41, 5.74) is 0. The second-order valence-corrected chi connectivity index (χ2v) is 5.86. The van der Waals surface area contributed by atoms with Crippen LogP contribution in [-0.2, 0) is 9.53 Å². The summed E-state index contributed by atoms with van der Waals surface area (Å²) < 4.78 is 5.56. The first-order valence-electron chi connectivity index (χ1n) is 7.92. The standard InChI is InChI=1S/C15H23N5O2.2ClH/c1-11-14(16-7-10-22-11)15(21)20-8-4-12(5-9-20)18-13-3-2-6-17-19-13;;/h2-3,6,11-12,14,16H,4-5,7-10H2,1H3,(H,18,19);2*1H/t11-,14+;;/m1../s1. The van der Waals surface area contributed by atoms with Gasteiger partial charge >= 0.3 is 0 Å². The number of hydrogen-bond donors (Lipinski definition) is 2. The number of morpholine rings is 1. The van der Waals surface area contributed by atoms with Gasteiger partial charge < -0.3 is 20.3 Å². The van der Waals surface area contributed by atoms with Gasteiger partial charge in [0, 0.05) is 31.9 Å². The molecule has 1 aromatic rings. The summed E-state index contributed by atoms with van der Waals surface area (Å²) in [6.45, 7) is 4.90. The Morgan fingerprint density at radius 2 is 2.12 bits per heavy atom. The number of nitrogens with one attached hydrogen (secondary N) is 2. The molecule has 0 aliphatic carbocycles. The van der Waals surface area contributed by atoms with Crippen LogP contribution in [-0.4, -0.2) is 65.4 Å². The van der Waals surface area contributed by atoms with Crippen LogP contribution in [0.2, 0.25) is 0 Å². The van der Waals surface area contributed by atoms with Crippen molar-refractivity contribution in [3.8, 4) is 0 Å². The molecule has 1 amide bonds. The van der Waals surface area contributed by atoms with Crippen LogP contribution in [0.5, 0.6) is 0 Å². The Bertz CT molecular complexity index is 500. The second-order valence-electron chi connectivity index (χ2n) is 5.86. The molecule has 24 heavy (non-hydrogen) atoms. The van der Waals surface area contributed by atoms with E-state index >= 15 is 0 Å². The molecule has 0 radical (unpaired) electrons. The highest BCUT2D eigenvalue weighted by Gasteiger charge is 2.33. The van der Waals surface area contributed by atoms with Crippen LogP contribution in [0.4, 0.5) is 5.82 Å². The summed E-state index contributed by atoms with van der Waals surface area (Å²) in [5.74, 6) is 0.952. The van der Waals surface area contributed by atoms with Crippen LogP contribution in [0.15, 0.2) is 18.3 Å². The van der Waals surface area contributed by atoms with E-state index in [2.05, 4.69) is 20.8 Å². The van der Waals surface area contributed by atoms with E-state index in [0.29, 0.717) is 12.6 Å². The molecular weight excluding hydrogens is 353 g/mol. The number of nitrogens with zero attached hydrogens (tertiary/aromatic N) is 3. The van der Waals surface area contributed by atoms with Crippen molar-refractivity contribution in [3.63, 3.8) is 0 Å². The normalized spacial score (nSPS) is 24.5. The molecule has 2 aliphatic rings. The number of piperidine rings is 1. The smallest absolute Gasteiger partial charge is 0.242 e. The van der Waals surface area contributed by atoms with E-state index in [1.165, 1.54) is 0 Å². The quantitative estimate of drug-likeness (QED) is 0.820. The third-order valence-corrected chi connectivity index (χ3v) is 4.31. The van der Waals surface area contributed by atoms with Crippen molar-refractivity contribution in [2.75, 3.05) is 31.6 Å². The molecule has 2 N–H and O–H groups in total. The fourth-order valence-corrected chi connectivity index (χ4v) is 3.04. The van der Waals surface area contributed by atoms with Gasteiger partial charge in [-0.25, -0.2) is 0 Å². The van der Waals surface area contributed by atoms with Crippen molar-refractivity contribution >= 4 is 36.5 Å². The Labute approximate surface area is 154 Å². The maximum absolute atomic E-state index is 12.6. The molecular formula is C15H25Cl2N5O2. The van der Waals surface area contributed by atoms with Gasteiger partial charge in [-0.1, -0.05) is 0 Å². The molecule has 0 aromatic carbocycles. The minimum Gasteiger partial charge on any atom is -0.375 e. The summed E-state index contributed by atoms with van der Waals surface area (Å²) in [6.07, 6.45) is 3.44. The van der Waals surface area contributed by atoms with Gasteiger partial charge in [-0.15, -0.1) is 29.9 Å². The van der Waals surface area contributed by atoms with Crippen molar-refractivity contribution in [1.82, 2.24) is 20.4 Å². The number of rotatable bonds is 3. The van der Waals surface area contributed by atoms with E-state index in [1.807, 2.05) is 24.0 Å². The summed E-state index contributed by atoms with van der Waals surface area (Å²) in [5, 5.41) is 14.5. The van der Waals surface area contributed by atoms with Gasteiger partial charge in [0.05, 0.1) is 12.7 Å². The van der Waals surface area contributed by atoms with E-state index in [1.54, 1.807) is 6.20 Å². The average Bonchev–Trinajstić information content (AvgIpc) is 2.56. The summed E-state index contributed by atoms with van der Waals surface area (Å²) in [7, 11) is 0. The molecule has 9 heteroatoms. The average molecular weight is 378 g/mol. The van der Waals surface area contributed by atoms with Crippen LogP contribution in [0.3, 0.4) is 0 Å². The Balaban J connectivity index is 0.00000144. The molecule has 136 valence electrons. The predicted octanol–water partition coefficient (Wildman–Crippen LogP) is 1.10. The van der Waals surface area contributed by atoms with Crippen LogP contribution < -0.4 is 10.6 Å². The van der Waals surface area contributed by atoms with Gasteiger partial charge in [0.25, 0.3) is 0 Å². The zero-order valence-corrected chi connectivity index (χ0v) is 15.3. The molecule has 2 atom stereocenters. The number of ether oxygens (including phenoxy) is 1.